The molecule has 0 aliphatic carbocycles. The van der Waals surface area contributed by atoms with Crippen molar-refractivity contribution in [2.24, 2.45) is 0 Å². The van der Waals surface area contributed by atoms with E-state index in [9.17, 15) is 28.8 Å². The number of nitrogens with one attached hydrogen (secondary N) is 2. The number of esters is 5. The van der Waals surface area contributed by atoms with Crippen molar-refractivity contribution in [2.75, 3.05) is 51.8 Å². The normalized spacial score (nSPS) is 14.5. The SMILES string of the molecule is COc1cccc(CN(CCOC(=O)C(C)OC(=O)C(C)OC(=O)C(C)OC(=O)C(C)OC(C)=O)C(=O)Nc2ccc(-c3cn[nH]c3)cc2OCCN2CCCC2)c1. The number of rotatable bonds is 20. The topological polar surface area (TPSA) is 214 Å². The van der Waals surface area contributed by atoms with Crippen molar-refractivity contribution in [1.82, 2.24) is 20.0 Å². The fourth-order valence-electron chi connectivity index (χ4n) is 5.69. The lowest BCUT2D eigenvalue weighted by molar-refractivity contribution is -0.184. The third kappa shape index (κ3) is 13.8. The van der Waals surface area contributed by atoms with E-state index in [0.29, 0.717) is 23.8 Å². The Labute approximate surface area is 336 Å². The minimum Gasteiger partial charge on any atom is -0.497 e. The zero-order valence-corrected chi connectivity index (χ0v) is 33.5. The van der Waals surface area contributed by atoms with E-state index >= 15 is 0 Å². The second-order valence-electron chi connectivity index (χ2n) is 13.5. The van der Waals surface area contributed by atoms with Crippen LogP contribution in [0.1, 0.15) is 53.0 Å². The van der Waals surface area contributed by atoms with Gasteiger partial charge in [0, 0.05) is 31.8 Å². The second-order valence-corrected chi connectivity index (χ2v) is 13.5. The van der Waals surface area contributed by atoms with Gasteiger partial charge in [-0.2, -0.15) is 5.10 Å². The van der Waals surface area contributed by atoms with E-state index in [-0.39, 0.29) is 19.7 Å². The fraction of sp³-hybridized carbons (Fsp3) is 0.475. The predicted molar refractivity (Wildman–Crippen MR) is 206 cm³/mol. The smallest absolute Gasteiger partial charge is 0.347 e. The largest absolute Gasteiger partial charge is 0.497 e. The van der Waals surface area contributed by atoms with Gasteiger partial charge in [0.15, 0.2) is 24.4 Å². The van der Waals surface area contributed by atoms with Crippen LogP contribution in [0.15, 0.2) is 54.9 Å². The molecule has 0 radical (unpaired) electrons. The maximum absolute atomic E-state index is 13.9. The number of aromatic nitrogens is 2. The highest BCUT2D eigenvalue weighted by Crippen LogP contribution is 2.31. The Kier molecular flexibility index (Phi) is 16.9. The highest BCUT2D eigenvalue weighted by atomic mass is 16.6. The Morgan fingerprint density at radius 2 is 1.45 bits per heavy atom. The minimum absolute atomic E-state index is 0.0611. The van der Waals surface area contributed by atoms with Gasteiger partial charge in [0.25, 0.3) is 0 Å². The Balaban J connectivity index is 1.36. The molecule has 3 aromatic rings. The quantitative estimate of drug-likeness (QED) is 0.122. The summed E-state index contributed by atoms with van der Waals surface area (Å²) in [5, 5.41) is 9.79. The monoisotopic (exact) mass is 809 g/mol. The summed E-state index contributed by atoms with van der Waals surface area (Å²) in [6.45, 7) is 9.03. The van der Waals surface area contributed by atoms with Crippen LogP contribution in [0.5, 0.6) is 11.5 Å². The van der Waals surface area contributed by atoms with Crippen molar-refractivity contribution in [3.63, 3.8) is 0 Å². The number of hydrogen-bond donors (Lipinski definition) is 2. The van der Waals surface area contributed by atoms with Gasteiger partial charge in [-0.05, 0) is 89.0 Å². The number of hydrogen-bond acceptors (Lipinski definition) is 15. The lowest BCUT2D eigenvalue weighted by Gasteiger charge is -2.25. The summed E-state index contributed by atoms with van der Waals surface area (Å²) in [6, 6.07) is 12.1. The summed E-state index contributed by atoms with van der Waals surface area (Å²) in [5.74, 6) is -3.71. The van der Waals surface area contributed by atoms with Crippen molar-refractivity contribution in [3.8, 4) is 22.6 Å². The number of benzene rings is 2. The van der Waals surface area contributed by atoms with Crippen LogP contribution in [0.3, 0.4) is 0 Å². The molecule has 4 unspecified atom stereocenters. The summed E-state index contributed by atoms with van der Waals surface area (Å²) >= 11 is 0. The molecule has 1 aliphatic heterocycles. The fourth-order valence-corrected chi connectivity index (χ4v) is 5.69. The molecule has 1 aromatic heterocycles. The maximum atomic E-state index is 13.9. The summed E-state index contributed by atoms with van der Waals surface area (Å²) in [5.41, 5.74) is 2.87. The summed E-state index contributed by atoms with van der Waals surface area (Å²) < 4.78 is 36.8. The van der Waals surface area contributed by atoms with Crippen LogP contribution in [0.4, 0.5) is 10.5 Å². The molecule has 1 saturated heterocycles. The van der Waals surface area contributed by atoms with Gasteiger partial charge in [0.1, 0.15) is 24.7 Å². The van der Waals surface area contributed by atoms with Gasteiger partial charge < -0.3 is 43.4 Å². The Morgan fingerprint density at radius 1 is 0.810 bits per heavy atom. The lowest BCUT2D eigenvalue weighted by atomic mass is 10.1. The molecule has 2 aromatic carbocycles. The number of amides is 2. The molecule has 0 spiro atoms. The molecule has 2 N–H and O–H groups in total. The molecule has 1 fully saturated rings. The molecular weight excluding hydrogens is 758 g/mol. The zero-order valence-electron chi connectivity index (χ0n) is 33.5. The van der Waals surface area contributed by atoms with Gasteiger partial charge in [0.05, 0.1) is 25.5 Å². The molecule has 2 heterocycles. The number of aromatic amines is 1. The summed E-state index contributed by atoms with van der Waals surface area (Å²) in [7, 11) is 1.54. The number of H-pyrrole nitrogens is 1. The first kappa shape index (κ1) is 44.5. The predicted octanol–water partition coefficient (Wildman–Crippen LogP) is 3.88. The molecule has 0 saturated carbocycles. The van der Waals surface area contributed by atoms with E-state index in [1.165, 1.54) is 39.7 Å². The molecule has 4 rings (SSSR count). The van der Waals surface area contributed by atoms with Crippen LogP contribution in [0, 0.1) is 0 Å². The first-order valence-corrected chi connectivity index (χ1v) is 18.9. The van der Waals surface area contributed by atoms with Crippen LogP contribution in [-0.4, -0.2) is 127 Å². The molecule has 0 bridgehead atoms. The Hall–Kier alpha value is -6.17. The van der Waals surface area contributed by atoms with E-state index in [1.807, 2.05) is 18.2 Å². The first-order chi connectivity index (χ1) is 27.7. The van der Waals surface area contributed by atoms with E-state index < -0.39 is 60.3 Å². The second kappa shape index (κ2) is 21.9. The van der Waals surface area contributed by atoms with Crippen molar-refractivity contribution >= 4 is 41.6 Å². The van der Waals surface area contributed by atoms with Gasteiger partial charge in [-0.25, -0.2) is 24.0 Å². The number of urea groups is 1. The maximum Gasteiger partial charge on any atom is 0.347 e. The number of anilines is 1. The van der Waals surface area contributed by atoms with Crippen LogP contribution < -0.4 is 14.8 Å². The number of carbonyl (C=O) groups is 6. The molecule has 314 valence electrons. The Bertz CT molecular complexity index is 1860. The van der Waals surface area contributed by atoms with E-state index in [0.717, 1.165) is 56.1 Å². The molecule has 58 heavy (non-hydrogen) atoms. The molecule has 4 atom stereocenters. The molecule has 1 aliphatic rings. The number of likely N-dealkylation sites (tertiary alicyclic amines) is 1. The number of carbonyl (C=O) groups excluding carboxylic acids is 6. The molecule has 18 nitrogen and oxygen atoms in total. The highest BCUT2D eigenvalue weighted by Gasteiger charge is 2.30. The van der Waals surface area contributed by atoms with Gasteiger partial charge in [0.2, 0.25) is 0 Å². The average Bonchev–Trinajstić information content (AvgIpc) is 3.93. The third-order valence-corrected chi connectivity index (χ3v) is 8.87. The number of nitrogens with zero attached hydrogens (tertiary/aromatic N) is 3. The van der Waals surface area contributed by atoms with Crippen LogP contribution in [0.2, 0.25) is 0 Å². The van der Waals surface area contributed by atoms with Crippen molar-refractivity contribution in [1.29, 1.82) is 0 Å². The minimum atomic E-state index is -1.49. The first-order valence-electron chi connectivity index (χ1n) is 18.9. The highest BCUT2D eigenvalue weighted by molar-refractivity contribution is 5.92. The molecular formula is C40H51N5O13. The van der Waals surface area contributed by atoms with E-state index in [2.05, 4.69) is 20.4 Å². The zero-order chi connectivity index (χ0) is 42.2. The molecule has 18 heteroatoms. The van der Waals surface area contributed by atoms with Gasteiger partial charge in [-0.1, -0.05) is 18.2 Å². The third-order valence-electron chi connectivity index (χ3n) is 8.87. The van der Waals surface area contributed by atoms with Crippen LogP contribution >= 0.6 is 0 Å². The van der Waals surface area contributed by atoms with Crippen molar-refractivity contribution in [2.45, 2.75) is 78.4 Å². The molecule has 2 amide bonds. The van der Waals surface area contributed by atoms with Crippen LogP contribution in [-0.2, 0) is 54.2 Å². The van der Waals surface area contributed by atoms with Crippen molar-refractivity contribution in [3.05, 3.63) is 60.4 Å². The van der Waals surface area contributed by atoms with Gasteiger partial charge in [-0.15, -0.1) is 0 Å². The van der Waals surface area contributed by atoms with Gasteiger partial charge in [-0.3, -0.25) is 14.8 Å². The summed E-state index contributed by atoms with van der Waals surface area (Å²) in [4.78, 5) is 78.8. The van der Waals surface area contributed by atoms with Crippen LogP contribution in [0.25, 0.3) is 11.1 Å². The lowest BCUT2D eigenvalue weighted by Crippen LogP contribution is -2.39. The van der Waals surface area contributed by atoms with Gasteiger partial charge >= 0.3 is 35.9 Å². The Morgan fingerprint density at radius 3 is 2.05 bits per heavy atom. The average molecular weight is 810 g/mol. The van der Waals surface area contributed by atoms with E-state index in [4.69, 9.17) is 33.2 Å². The van der Waals surface area contributed by atoms with E-state index in [1.54, 1.807) is 36.7 Å². The summed E-state index contributed by atoms with van der Waals surface area (Å²) in [6.07, 6.45) is 0.145. The standard InChI is InChI=1S/C40H51N5O13/c1-25(56-38(49)27(3)58-39(50)28(4)57-37(48)26(2)55-29(5)46)36(47)54-19-17-45(24-30-10-9-11-33(20-30)52-6)40(51)43-34-13-12-31(32-22-41-42-23-32)21-35(34)53-18-16-44-14-7-8-15-44/h9-13,20-23,25-28H,7-8,14-19,24H2,1-6H3,(H,41,42)(H,43,51). The van der Waals surface area contributed by atoms with Crippen molar-refractivity contribution < 1.29 is 61.9 Å². The number of methoxy groups -OCH3 is 1. The number of ether oxygens (including phenoxy) is 7.